The predicted molar refractivity (Wildman–Crippen MR) is 142 cm³/mol. The maximum Gasteiger partial charge on any atom is 0.190 e. The van der Waals surface area contributed by atoms with Gasteiger partial charge in [0.25, 0.3) is 0 Å². The summed E-state index contributed by atoms with van der Waals surface area (Å²) in [6, 6.07) is 0. The van der Waals surface area contributed by atoms with Crippen LogP contribution in [-0.2, 0) is 0 Å². The number of hydrogen-bond acceptors (Lipinski definition) is 0. The highest BCUT2D eigenvalue weighted by atomic mass is 35.6. The first-order valence-electron chi connectivity index (χ1n) is 12.3. The van der Waals surface area contributed by atoms with E-state index in [2.05, 4.69) is 0 Å². The molecule has 0 fully saturated rings. The van der Waals surface area contributed by atoms with Crippen LogP contribution in [0.2, 0.25) is 0 Å². The smallest absolute Gasteiger partial charge is 0.0837 e. The van der Waals surface area contributed by atoms with Crippen molar-refractivity contribution in [1.82, 2.24) is 0 Å². The van der Waals surface area contributed by atoms with E-state index in [0.29, 0.717) is 12.8 Å². The van der Waals surface area contributed by atoms with Gasteiger partial charge in [0.1, 0.15) is 0 Å². The molecule has 0 amide bonds. The Morgan fingerprint density at radius 1 is 0.233 bits per heavy atom. The van der Waals surface area contributed by atoms with Crippen LogP contribution in [0.25, 0.3) is 0 Å². The van der Waals surface area contributed by atoms with E-state index in [9.17, 15) is 0 Å². The minimum Gasteiger partial charge on any atom is -0.0837 e. The van der Waals surface area contributed by atoms with Crippen molar-refractivity contribution in [3.8, 4) is 0 Å². The highest BCUT2D eigenvalue weighted by Gasteiger charge is 2.18. The monoisotopic (exact) mass is 542 g/mol. The summed E-state index contributed by atoms with van der Waals surface area (Å²) in [5, 5.41) is 0. The average molecular weight is 545 g/mol. The van der Waals surface area contributed by atoms with Gasteiger partial charge in [0.2, 0.25) is 0 Å². The lowest BCUT2D eigenvalue weighted by Crippen LogP contribution is -2.00. The molecular weight excluding hydrogens is 501 g/mol. The molecule has 0 nitrogen and oxygen atoms in total. The molecule has 0 saturated carbocycles. The number of hydrogen-bond donors (Lipinski definition) is 0. The van der Waals surface area contributed by atoms with Crippen molar-refractivity contribution in [2.24, 2.45) is 0 Å². The molecule has 0 aromatic heterocycles. The minimum atomic E-state index is -1.06. The van der Waals surface area contributed by atoms with Gasteiger partial charge in [-0.1, -0.05) is 185 Å². The van der Waals surface area contributed by atoms with Gasteiger partial charge < -0.3 is 0 Å². The number of rotatable bonds is 21. The summed E-state index contributed by atoms with van der Waals surface area (Å²) in [4.78, 5) is 0. The molecule has 0 aliphatic carbocycles. The van der Waals surface area contributed by atoms with Gasteiger partial charge in [-0.15, -0.1) is 0 Å². The number of halogens is 6. The normalized spacial score (nSPS) is 12.6. The summed E-state index contributed by atoms with van der Waals surface area (Å²) in [5.41, 5.74) is 0. The Kier molecular flexibility index (Phi) is 22.5. The largest absolute Gasteiger partial charge is 0.190 e. The second-order valence-electron chi connectivity index (χ2n) is 8.80. The van der Waals surface area contributed by atoms with Crippen molar-refractivity contribution in [3.05, 3.63) is 0 Å². The van der Waals surface area contributed by atoms with Crippen LogP contribution in [0.4, 0.5) is 0 Å². The number of alkyl halides is 6. The standard InChI is InChI=1S/C24H44Cl6/c25-23(26,27)21-19-17-15-13-11-9-7-5-3-1-2-4-6-8-10-12-14-16-18-20-22-24(28,29)30/h1-22H2. The Bertz CT molecular complexity index is 315. The fourth-order valence-electron chi connectivity index (χ4n) is 3.83. The third-order valence-electron chi connectivity index (χ3n) is 5.67. The average Bonchev–Trinajstić information content (AvgIpc) is 2.64. The fourth-order valence-corrected chi connectivity index (χ4v) is 4.63. The van der Waals surface area contributed by atoms with Gasteiger partial charge in [0, 0.05) is 0 Å². The fraction of sp³-hybridized carbons (Fsp3) is 1.00. The quantitative estimate of drug-likeness (QED) is 0.0994. The molecule has 0 heterocycles. The zero-order valence-corrected chi connectivity index (χ0v) is 23.4. The van der Waals surface area contributed by atoms with Crippen LogP contribution in [0.15, 0.2) is 0 Å². The lowest BCUT2D eigenvalue weighted by molar-refractivity contribution is 0.519. The second-order valence-corrected chi connectivity index (χ2v) is 13.8. The van der Waals surface area contributed by atoms with Gasteiger partial charge >= 0.3 is 0 Å². The molecule has 182 valence electrons. The third-order valence-corrected chi connectivity index (χ3v) is 6.80. The van der Waals surface area contributed by atoms with Gasteiger partial charge in [-0.25, -0.2) is 0 Å². The van der Waals surface area contributed by atoms with E-state index in [-0.39, 0.29) is 0 Å². The van der Waals surface area contributed by atoms with Crippen molar-refractivity contribution < 1.29 is 0 Å². The molecule has 0 atom stereocenters. The number of unbranched alkanes of at least 4 members (excludes halogenated alkanes) is 19. The van der Waals surface area contributed by atoms with Gasteiger partial charge in [-0.2, -0.15) is 0 Å². The highest BCUT2D eigenvalue weighted by Crippen LogP contribution is 2.33. The summed E-state index contributed by atoms with van der Waals surface area (Å²) in [5.74, 6) is 0. The summed E-state index contributed by atoms with van der Waals surface area (Å²) >= 11 is 34.5. The van der Waals surface area contributed by atoms with Crippen LogP contribution in [-0.4, -0.2) is 7.59 Å². The molecular formula is C24H44Cl6. The van der Waals surface area contributed by atoms with Crippen LogP contribution in [0.1, 0.15) is 141 Å². The van der Waals surface area contributed by atoms with Gasteiger partial charge in [-0.05, 0) is 25.7 Å². The maximum absolute atomic E-state index is 5.76. The van der Waals surface area contributed by atoms with Gasteiger partial charge in [0.05, 0.1) is 0 Å². The lowest BCUT2D eigenvalue weighted by atomic mass is 10.0. The van der Waals surface area contributed by atoms with Crippen LogP contribution in [0, 0.1) is 0 Å². The zero-order valence-electron chi connectivity index (χ0n) is 18.8. The van der Waals surface area contributed by atoms with Crippen molar-refractivity contribution in [2.45, 2.75) is 149 Å². The van der Waals surface area contributed by atoms with Crippen molar-refractivity contribution in [1.29, 1.82) is 0 Å². The third kappa shape index (κ3) is 29.7. The molecule has 0 bridgehead atoms. The summed E-state index contributed by atoms with van der Waals surface area (Å²) in [7, 11) is 0. The first-order chi connectivity index (χ1) is 14.2. The van der Waals surface area contributed by atoms with Crippen molar-refractivity contribution >= 4 is 69.6 Å². The molecule has 0 saturated heterocycles. The summed E-state index contributed by atoms with van der Waals surface area (Å²) < 4.78 is -2.12. The molecule has 0 aliphatic heterocycles. The topological polar surface area (TPSA) is 0 Å². The van der Waals surface area contributed by atoms with Crippen molar-refractivity contribution in [3.63, 3.8) is 0 Å². The Morgan fingerprint density at radius 3 is 0.500 bits per heavy atom. The first kappa shape index (κ1) is 31.7. The molecule has 0 aliphatic rings. The van der Waals surface area contributed by atoms with E-state index in [1.165, 1.54) is 116 Å². The summed E-state index contributed by atoms with van der Waals surface area (Å²) in [6.07, 6.45) is 27.8. The van der Waals surface area contributed by atoms with E-state index in [0.717, 1.165) is 12.8 Å². The Morgan fingerprint density at radius 2 is 0.367 bits per heavy atom. The SMILES string of the molecule is ClC(Cl)(Cl)CCCCCCCCCCCCCCCCCCCCCCC(Cl)(Cl)Cl. The van der Waals surface area contributed by atoms with E-state index in [4.69, 9.17) is 69.6 Å². The maximum atomic E-state index is 5.76. The molecule has 0 radical (unpaired) electrons. The zero-order chi connectivity index (χ0) is 22.6. The first-order valence-corrected chi connectivity index (χ1v) is 14.6. The molecule has 0 N–H and O–H groups in total. The molecule has 0 aromatic carbocycles. The Balaban J connectivity index is 3.07. The van der Waals surface area contributed by atoms with Crippen molar-refractivity contribution in [2.75, 3.05) is 0 Å². The van der Waals surface area contributed by atoms with Crippen LogP contribution >= 0.6 is 69.6 Å². The minimum absolute atomic E-state index is 0.679. The molecule has 0 unspecified atom stereocenters. The second kappa shape index (κ2) is 21.3. The van der Waals surface area contributed by atoms with Crippen LogP contribution in [0.5, 0.6) is 0 Å². The molecule has 0 rings (SSSR count). The summed E-state index contributed by atoms with van der Waals surface area (Å²) in [6.45, 7) is 0. The van der Waals surface area contributed by atoms with Crippen LogP contribution in [0.3, 0.4) is 0 Å². The lowest BCUT2D eigenvalue weighted by Gasteiger charge is -2.09. The van der Waals surface area contributed by atoms with Gasteiger partial charge in [-0.3, -0.25) is 0 Å². The van der Waals surface area contributed by atoms with Gasteiger partial charge in [0.15, 0.2) is 7.59 Å². The van der Waals surface area contributed by atoms with E-state index in [1.807, 2.05) is 0 Å². The molecule has 0 spiro atoms. The molecule has 6 heteroatoms. The van der Waals surface area contributed by atoms with E-state index in [1.54, 1.807) is 0 Å². The molecule has 0 aromatic rings. The highest BCUT2D eigenvalue weighted by molar-refractivity contribution is 6.67. The van der Waals surface area contributed by atoms with Crippen LogP contribution < -0.4 is 0 Å². The Labute approximate surface area is 217 Å². The predicted octanol–water partition coefficient (Wildman–Crippen LogP) is 12.3. The van der Waals surface area contributed by atoms with E-state index >= 15 is 0 Å². The van der Waals surface area contributed by atoms with E-state index < -0.39 is 7.59 Å². The molecule has 30 heavy (non-hydrogen) atoms. The Hall–Kier alpha value is 1.74.